The predicted molar refractivity (Wildman–Crippen MR) is 212 cm³/mol. The van der Waals surface area contributed by atoms with Gasteiger partial charge in [-0.1, -0.05) is 32.1 Å². The molecule has 2 N–H and O–H groups in total. The molecule has 5 rings (SSSR count). The lowest BCUT2D eigenvalue weighted by Gasteiger charge is -2.63. The number of alkyl halides is 2. The van der Waals surface area contributed by atoms with Crippen LogP contribution in [0.3, 0.4) is 0 Å². The first-order chi connectivity index (χ1) is 30.1. The number of nitrogens with one attached hydrogen (secondary N) is 1. The van der Waals surface area contributed by atoms with E-state index < -0.39 is 136 Å². The molecule has 3 fully saturated rings. The van der Waals surface area contributed by atoms with E-state index in [0.717, 1.165) is 12.2 Å². The molecule has 22 heteroatoms. The minimum absolute atomic E-state index is 0.00619. The Kier molecular flexibility index (Phi) is 15.1. The summed E-state index contributed by atoms with van der Waals surface area (Å²) in [5, 5.41) is 33.3. The Hall–Kier alpha value is -6.06. The van der Waals surface area contributed by atoms with Crippen LogP contribution in [0.4, 0.5) is 13.6 Å². The van der Waals surface area contributed by atoms with Crippen LogP contribution in [0.2, 0.25) is 0 Å². The SMILES string of the molecule is CC(=O)N[C@@H](Cc1ccc(OC(=O)OCC(=O)[C@@]2(OC(=O)CCCO[N+](=O)[O-])[C@H](C)CC3C4C[C@H](F)C5=CC(=O)C=C[C@]5(C)[C@@]4(F)[C@@H](O)C[C@@]32C)cc1)C(=O)OCCCCO[N+](=O)[O-]. The van der Waals surface area contributed by atoms with Gasteiger partial charge in [0.05, 0.1) is 25.9 Å². The molecule has 64 heavy (non-hydrogen) atoms. The Balaban J connectivity index is 1.30. The molecule has 1 aromatic rings. The quantitative estimate of drug-likeness (QED) is 0.0463. The number of ether oxygens (including phenoxy) is 4. The normalized spacial score (nSPS) is 30.5. The average Bonchev–Trinajstić information content (AvgIpc) is 3.43. The van der Waals surface area contributed by atoms with E-state index in [4.69, 9.17) is 18.9 Å². The van der Waals surface area contributed by atoms with Gasteiger partial charge in [0.2, 0.25) is 11.7 Å². The molecule has 1 aromatic carbocycles. The Morgan fingerprint density at radius 1 is 0.953 bits per heavy atom. The van der Waals surface area contributed by atoms with Crippen molar-refractivity contribution in [2.75, 3.05) is 26.4 Å². The van der Waals surface area contributed by atoms with E-state index in [2.05, 4.69) is 15.0 Å². The molecule has 0 saturated heterocycles. The molecule has 20 nitrogen and oxygen atoms in total. The maximum atomic E-state index is 17.9. The van der Waals surface area contributed by atoms with Crippen LogP contribution >= 0.6 is 0 Å². The van der Waals surface area contributed by atoms with Crippen molar-refractivity contribution in [3.05, 3.63) is 73.9 Å². The molecular weight excluding hydrogens is 856 g/mol. The predicted octanol–water partition coefficient (Wildman–Crippen LogP) is 4.19. The van der Waals surface area contributed by atoms with E-state index in [1.165, 1.54) is 51.1 Å². The standard InChI is InChI=1S/C42H51F2N3O17/c1-24-18-29-30-21-32(43)31-20-27(49)13-14-39(31,3)41(30,44)34(50)22-40(29,4)42(24,64-36(52)8-7-17-62-47(57)58)35(51)23-60-38(54)63-28-11-9-26(10-12-28)19-33(45-25(2)48)37(53)59-15-5-6-16-61-46(55)56/h9-14,20,24,29-30,32-34,50H,5-8,15-19,21-23H2,1-4H3,(H,45,48)/t24-,29?,30?,32+,33+,34+,39+,40+,41+,42+/m1/s1. The summed E-state index contributed by atoms with van der Waals surface area (Å²) in [6.45, 7) is 3.93. The van der Waals surface area contributed by atoms with Gasteiger partial charge in [0.1, 0.15) is 18.0 Å². The third kappa shape index (κ3) is 9.85. The lowest BCUT2D eigenvalue weighted by atomic mass is 9.44. The first kappa shape index (κ1) is 49.0. The van der Waals surface area contributed by atoms with Gasteiger partial charge in [-0.15, -0.1) is 20.2 Å². The number of amides is 1. The summed E-state index contributed by atoms with van der Waals surface area (Å²) in [4.78, 5) is 107. The molecule has 0 bridgehead atoms. The number of unbranched alkanes of at least 4 members (excludes halogenated alkanes) is 1. The van der Waals surface area contributed by atoms with Gasteiger partial charge in [-0.2, -0.15) is 0 Å². The van der Waals surface area contributed by atoms with Gasteiger partial charge in [0, 0.05) is 42.4 Å². The number of aliphatic hydroxyl groups excluding tert-OH is 1. The number of hydrogen-bond donors (Lipinski definition) is 2. The van der Waals surface area contributed by atoms with E-state index in [1.54, 1.807) is 6.92 Å². The van der Waals surface area contributed by atoms with Crippen LogP contribution in [0, 0.1) is 48.8 Å². The topological polar surface area (TPSA) is 276 Å². The minimum atomic E-state index is -2.52. The van der Waals surface area contributed by atoms with Gasteiger partial charge in [0.25, 0.3) is 10.2 Å². The molecular formula is C42H51F2N3O17. The highest BCUT2D eigenvalue weighted by Crippen LogP contribution is 2.71. The lowest BCUT2D eigenvalue weighted by Crippen LogP contribution is -2.71. The molecule has 1 amide bonds. The van der Waals surface area contributed by atoms with Crippen LogP contribution < -0.4 is 10.1 Å². The number of ketones is 2. The van der Waals surface area contributed by atoms with Crippen molar-refractivity contribution in [2.24, 2.45) is 28.6 Å². The summed E-state index contributed by atoms with van der Waals surface area (Å²) in [5.41, 5.74) is -7.64. The maximum absolute atomic E-state index is 17.9. The fourth-order valence-corrected chi connectivity index (χ4v) is 10.3. The van der Waals surface area contributed by atoms with E-state index in [1.807, 2.05) is 0 Å². The van der Waals surface area contributed by atoms with Crippen molar-refractivity contribution >= 4 is 35.6 Å². The molecule has 350 valence electrons. The fourth-order valence-electron chi connectivity index (χ4n) is 10.3. The second-order valence-corrected chi connectivity index (χ2v) is 17.0. The molecule has 0 heterocycles. The van der Waals surface area contributed by atoms with Crippen molar-refractivity contribution in [1.29, 1.82) is 0 Å². The number of nitrogens with zero attached hydrogens (tertiary/aromatic N) is 2. The Labute approximate surface area is 365 Å². The molecule has 0 aromatic heterocycles. The van der Waals surface area contributed by atoms with E-state index in [9.17, 15) is 54.1 Å². The smallest absolute Gasteiger partial charge is 0.464 e. The molecule has 0 aliphatic heterocycles. The number of allylic oxidation sites excluding steroid dienone is 4. The first-order valence-electron chi connectivity index (χ1n) is 20.7. The van der Waals surface area contributed by atoms with Gasteiger partial charge in [0.15, 0.2) is 23.7 Å². The summed E-state index contributed by atoms with van der Waals surface area (Å²) < 4.78 is 55.7. The molecule has 3 saturated carbocycles. The number of esters is 2. The number of benzene rings is 1. The van der Waals surface area contributed by atoms with Crippen LogP contribution in [-0.4, -0.2) is 107 Å². The number of fused-ring (bicyclic) bond motifs is 5. The monoisotopic (exact) mass is 907 g/mol. The first-order valence-corrected chi connectivity index (χ1v) is 20.7. The van der Waals surface area contributed by atoms with E-state index in [0.29, 0.717) is 5.56 Å². The summed E-state index contributed by atoms with van der Waals surface area (Å²) in [6, 6.07) is 4.52. The minimum Gasteiger partial charge on any atom is -0.464 e. The summed E-state index contributed by atoms with van der Waals surface area (Å²) in [7, 11) is 0. The highest BCUT2D eigenvalue weighted by atomic mass is 19.1. The van der Waals surface area contributed by atoms with Crippen LogP contribution in [0.15, 0.2) is 48.1 Å². The highest BCUT2D eigenvalue weighted by Gasteiger charge is 2.78. The Bertz CT molecular complexity index is 2070. The van der Waals surface area contributed by atoms with Gasteiger partial charge < -0.3 is 39.0 Å². The second-order valence-electron chi connectivity index (χ2n) is 17.0. The van der Waals surface area contributed by atoms with Crippen molar-refractivity contribution in [1.82, 2.24) is 5.32 Å². The van der Waals surface area contributed by atoms with Crippen LogP contribution in [0.5, 0.6) is 5.75 Å². The van der Waals surface area contributed by atoms with Crippen molar-refractivity contribution in [3.63, 3.8) is 0 Å². The third-order valence-corrected chi connectivity index (χ3v) is 13.1. The van der Waals surface area contributed by atoms with Crippen LogP contribution in [0.25, 0.3) is 0 Å². The Morgan fingerprint density at radius 3 is 2.23 bits per heavy atom. The van der Waals surface area contributed by atoms with Crippen molar-refractivity contribution in [3.8, 4) is 5.75 Å². The van der Waals surface area contributed by atoms with Gasteiger partial charge in [-0.25, -0.2) is 18.4 Å². The highest BCUT2D eigenvalue weighted by molar-refractivity contribution is 6.01. The number of aliphatic hydroxyl groups is 1. The van der Waals surface area contributed by atoms with E-state index >= 15 is 8.78 Å². The molecule has 0 spiro atoms. The molecule has 10 atom stereocenters. The summed E-state index contributed by atoms with van der Waals surface area (Å²) in [5.74, 6) is -6.88. The van der Waals surface area contributed by atoms with Gasteiger partial charge in [-0.05, 0) is 86.8 Å². The zero-order chi connectivity index (χ0) is 47.2. The number of halogens is 2. The number of rotatable bonds is 20. The van der Waals surface area contributed by atoms with Gasteiger partial charge >= 0.3 is 18.1 Å². The van der Waals surface area contributed by atoms with Crippen LogP contribution in [0.1, 0.15) is 78.2 Å². The molecule has 2 unspecified atom stereocenters. The third-order valence-electron chi connectivity index (χ3n) is 13.1. The molecule has 4 aliphatic rings. The number of carbonyl (C=O) groups excluding carboxylic acids is 6. The molecule has 0 radical (unpaired) electrons. The number of carbonyl (C=O) groups is 6. The zero-order valence-electron chi connectivity index (χ0n) is 35.6. The number of Topliss-reactive ketones (excluding diaryl/α,β-unsaturated/α-hetero) is 1. The largest absolute Gasteiger partial charge is 0.514 e. The lowest BCUT2D eigenvalue weighted by molar-refractivity contribution is -0.757. The molecule has 4 aliphatic carbocycles. The van der Waals surface area contributed by atoms with E-state index in [-0.39, 0.29) is 56.6 Å². The maximum Gasteiger partial charge on any atom is 0.514 e. The Morgan fingerprint density at radius 2 is 1.59 bits per heavy atom. The van der Waals surface area contributed by atoms with Gasteiger partial charge in [-0.3, -0.25) is 19.2 Å². The average molecular weight is 908 g/mol. The van der Waals surface area contributed by atoms with Crippen LogP contribution in [-0.2, 0) is 54.3 Å². The fraction of sp³-hybridized carbons (Fsp3) is 0.619. The van der Waals surface area contributed by atoms with Crippen molar-refractivity contribution < 1.29 is 81.5 Å². The summed E-state index contributed by atoms with van der Waals surface area (Å²) in [6.07, 6.45) is -2.69. The van der Waals surface area contributed by atoms with Crippen molar-refractivity contribution in [2.45, 2.75) is 109 Å². The number of hydrogen-bond acceptors (Lipinski definition) is 17. The zero-order valence-corrected chi connectivity index (χ0v) is 35.6. The second kappa shape index (κ2) is 19.8. The summed E-state index contributed by atoms with van der Waals surface area (Å²) >= 11 is 0.